The Kier molecular flexibility index (Phi) is 4.55. The standard InChI is InChI=1S/C21H15ClFN5O2/c22-15-9-14(23)6-7-18(15)28-11-13(8-19(28)29)20-24-21(30-27-20)17-10-16(25-26-17)12-4-2-1-3-5-12/h1-7,9-10,13H,8,11H2,(H,25,26). The zero-order chi connectivity index (χ0) is 20.7. The highest BCUT2D eigenvalue weighted by Crippen LogP contribution is 2.35. The summed E-state index contributed by atoms with van der Waals surface area (Å²) >= 11 is 6.11. The molecule has 1 N–H and O–H groups in total. The average molecular weight is 424 g/mol. The summed E-state index contributed by atoms with van der Waals surface area (Å²) in [4.78, 5) is 18.5. The molecule has 1 amide bonds. The van der Waals surface area contributed by atoms with Crippen LogP contribution in [0.3, 0.4) is 0 Å². The molecule has 30 heavy (non-hydrogen) atoms. The molecule has 9 heteroatoms. The van der Waals surface area contributed by atoms with E-state index in [1.165, 1.54) is 23.1 Å². The van der Waals surface area contributed by atoms with Crippen molar-refractivity contribution in [3.8, 4) is 22.8 Å². The van der Waals surface area contributed by atoms with Crippen LogP contribution in [0, 0.1) is 5.82 Å². The van der Waals surface area contributed by atoms with Gasteiger partial charge in [-0.2, -0.15) is 10.1 Å². The van der Waals surface area contributed by atoms with E-state index in [0.717, 1.165) is 11.3 Å². The highest BCUT2D eigenvalue weighted by Gasteiger charge is 2.35. The fourth-order valence-corrected chi connectivity index (χ4v) is 3.78. The van der Waals surface area contributed by atoms with Gasteiger partial charge in [0.1, 0.15) is 11.5 Å². The Morgan fingerprint density at radius 2 is 2.00 bits per heavy atom. The summed E-state index contributed by atoms with van der Waals surface area (Å²) in [6, 6.07) is 15.5. The lowest BCUT2D eigenvalue weighted by molar-refractivity contribution is -0.117. The van der Waals surface area contributed by atoms with Crippen molar-refractivity contribution in [3.05, 3.63) is 71.3 Å². The summed E-state index contributed by atoms with van der Waals surface area (Å²) in [6.07, 6.45) is 0.213. The lowest BCUT2D eigenvalue weighted by Gasteiger charge is -2.17. The Labute approximate surface area is 175 Å². The van der Waals surface area contributed by atoms with Crippen LogP contribution in [-0.4, -0.2) is 32.8 Å². The van der Waals surface area contributed by atoms with Gasteiger partial charge in [0.2, 0.25) is 5.91 Å². The van der Waals surface area contributed by atoms with Crippen molar-refractivity contribution in [1.82, 2.24) is 20.3 Å². The SMILES string of the molecule is O=C1CC(c2noc(-c3cc(-c4ccccc4)n[nH]3)n2)CN1c1ccc(F)cc1Cl. The van der Waals surface area contributed by atoms with Crippen LogP contribution >= 0.6 is 11.6 Å². The molecular formula is C21H15ClFN5O2. The predicted molar refractivity (Wildman–Crippen MR) is 108 cm³/mol. The third kappa shape index (κ3) is 3.35. The number of H-pyrrole nitrogens is 1. The number of carbonyl (C=O) groups excluding carboxylic acids is 1. The molecule has 2 aromatic carbocycles. The van der Waals surface area contributed by atoms with Crippen molar-refractivity contribution in [2.45, 2.75) is 12.3 Å². The molecule has 1 unspecified atom stereocenters. The van der Waals surface area contributed by atoms with Crippen molar-refractivity contribution in [1.29, 1.82) is 0 Å². The number of aromatic nitrogens is 4. The van der Waals surface area contributed by atoms with Gasteiger partial charge in [-0.05, 0) is 24.3 Å². The second-order valence-electron chi connectivity index (χ2n) is 6.99. The van der Waals surface area contributed by atoms with Gasteiger partial charge in [-0.1, -0.05) is 47.1 Å². The summed E-state index contributed by atoms with van der Waals surface area (Å²) in [5.74, 6) is -0.120. The Balaban J connectivity index is 1.36. The maximum Gasteiger partial charge on any atom is 0.275 e. The number of benzene rings is 2. The molecule has 1 aliphatic rings. The van der Waals surface area contributed by atoms with Gasteiger partial charge < -0.3 is 9.42 Å². The minimum atomic E-state index is -0.454. The third-order valence-electron chi connectivity index (χ3n) is 5.01. The number of carbonyl (C=O) groups is 1. The zero-order valence-corrected chi connectivity index (χ0v) is 16.3. The van der Waals surface area contributed by atoms with Gasteiger partial charge in [0.25, 0.3) is 5.89 Å². The van der Waals surface area contributed by atoms with Crippen molar-refractivity contribution in [3.63, 3.8) is 0 Å². The number of hydrogen-bond donors (Lipinski definition) is 1. The fourth-order valence-electron chi connectivity index (χ4n) is 3.51. The van der Waals surface area contributed by atoms with E-state index in [0.29, 0.717) is 29.6 Å². The number of aromatic amines is 1. The second-order valence-corrected chi connectivity index (χ2v) is 7.40. The van der Waals surface area contributed by atoms with Gasteiger partial charge in [0.15, 0.2) is 5.82 Å². The van der Waals surface area contributed by atoms with E-state index in [2.05, 4.69) is 20.3 Å². The summed E-state index contributed by atoms with van der Waals surface area (Å²) in [6.45, 7) is 0.335. The van der Waals surface area contributed by atoms with Crippen LogP contribution in [0.15, 0.2) is 59.1 Å². The number of rotatable bonds is 4. The summed E-state index contributed by atoms with van der Waals surface area (Å²) in [7, 11) is 0. The van der Waals surface area contributed by atoms with Crippen LogP contribution in [0.2, 0.25) is 5.02 Å². The first-order valence-electron chi connectivity index (χ1n) is 9.29. The molecule has 1 atom stereocenters. The molecule has 150 valence electrons. The van der Waals surface area contributed by atoms with Crippen LogP contribution in [0.4, 0.5) is 10.1 Å². The lowest BCUT2D eigenvalue weighted by atomic mass is 10.1. The van der Waals surface area contributed by atoms with Crippen molar-refractivity contribution in [2.75, 3.05) is 11.4 Å². The van der Waals surface area contributed by atoms with E-state index in [-0.39, 0.29) is 23.3 Å². The fraction of sp³-hybridized carbons (Fsp3) is 0.143. The summed E-state index contributed by atoms with van der Waals surface area (Å²) < 4.78 is 18.7. The first-order chi connectivity index (χ1) is 14.6. The van der Waals surface area contributed by atoms with Crippen molar-refractivity contribution < 1.29 is 13.7 Å². The van der Waals surface area contributed by atoms with Crippen molar-refractivity contribution in [2.24, 2.45) is 0 Å². The normalized spacial score (nSPS) is 16.4. The van der Waals surface area contributed by atoms with E-state index in [1.807, 2.05) is 36.4 Å². The minimum absolute atomic E-state index is 0.132. The highest BCUT2D eigenvalue weighted by atomic mass is 35.5. The number of nitrogens with zero attached hydrogens (tertiary/aromatic N) is 4. The molecule has 2 aromatic heterocycles. The average Bonchev–Trinajstić information content (AvgIpc) is 3.48. The number of anilines is 1. The van der Waals surface area contributed by atoms with E-state index in [4.69, 9.17) is 16.1 Å². The van der Waals surface area contributed by atoms with Crippen LogP contribution in [0.1, 0.15) is 18.2 Å². The smallest absolute Gasteiger partial charge is 0.275 e. The maximum absolute atomic E-state index is 13.3. The van der Waals surface area contributed by atoms with Gasteiger partial charge in [-0.3, -0.25) is 9.89 Å². The topological polar surface area (TPSA) is 87.9 Å². The highest BCUT2D eigenvalue weighted by molar-refractivity contribution is 6.33. The number of nitrogens with one attached hydrogen (secondary N) is 1. The molecular weight excluding hydrogens is 409 g/mol. The number of amides is 1. The van der Waals surface area contributed by atoms with Gasteiger partial charge in [0, 0.05) is 24.4 Å². The monoisotopic (exact) mass is 423 g/mol. The van der Waals surface area contributed by atoms with Gasteiger partial charge in [-0.15, -0.1) is 0 Å². The predicted octanol–water partition coefficient (Wildman–Crippen LogP) is 4.44. The zero-order valence-electron chi connectivity index (χ0n) is 15.5. The molecule has 4 aromatic rings. The molecule has 5 rings (SSSR count). The van der Waals surface area contributed by atoms with E-state index in [9.17, 15) is 9.18 Å². The van der Waals surface area contributed by atoms with Crippen LogP contribution in [0.25, 0.3) is 22.8 Å². The Morgan fingerprint density at radius 3 is 2.80 bits per heavy atom. The molecule has 1 aliphatic heterocycles. The van der Waals surface area contributed by atoms with Crippen LogP contribution in [0.5, 0.6) is 0 Å². The number of halogens is 2. The third-order valence-corrected chi connectivity index (χ3v) is 5.31. The molecule has 0 spiro atoms. The minimum Gasteiger partial charge on any atom is -0.332 e. The first kappa shape index (κ1) is 18.5. The summed E-state index contributed by atoms with van der Waals surface area (Å²) in [5, 5.41) is 11.4. The quantitative estimate of drug-likeness (QED) is 0.524. The first-order valence-corrected chi connectivity index (χ1v) is 9.66. The van der Waals surface area contributed by atoms with E-state index < -0.39 is 5.82 Å². The van der Waals surface area contributed by atoms with Gasteiger partial charge in [-0.25, -0.2) is 4.39 Å². The second kappa shape index (κ2) is 7.38. The largest absolute Gasteiger partial charge is 0.332 e. The van der Waals surface area contributed by atoms with Gasteiger partial charge >= 0.3 is 0 Å². The molecule has 3 heterocycles. The molecule has 0 bridgehead atoms. The molecule has 0 radical (unpaired) electrons. The molecule has 0 saturated carbocycles. The molecule has 7 nitrogen and oxygen atoms in total. The van der Waals surface area contributed by atoms with Gasteiger partial charge in [0.05, 0.1) is 16.4 Å². The Bertz CT molecular complexity index is 1220. The Morgan fingerprint density at radius 1 is 1.17 bits per heavy atom. The van der Waals surface area contributed by atoms with Crippen LogP contribution in [-0.2, 0) is 4.79 Å². The van der Waals surface area contributed by atoms with E-state index in [1.54, 1.807) is 0 Å². The summed E-state index contributed by atoms with van der Waals surface area (Å²) in [5.41, 5.74) is 2.79. The lowest BCUT2D eigenvalue weighted by Crippen LogP contribution is -2.24. The van der Waals surface area contributed by atoms with E-state index >= 15 is 0 Å². The number of hydrogen-bond acceptors (Lipinski definition) is 5. The molecule has 0 aliphatic carbocycles. The molecule has 1 fully saturated rings. The van der Waals surface area contributed by atoms with Crippen molar-refractivity contribution >= 4 is 23.2 Å². The molecule has 1 saturated heterocycles. The maximum atomic E-state index is 13.3. The van der Waals surface area contributed by atoms with Crippen LogP contribution < -0.4 is 4.90 Å². The Hall–Kier alpha value is -3.52.